The van der Waals surface area contributed by atoms with Crippen LogP contribution in [0.3, 0.4) is 0 Å². The average Bonchev–Trinajstić information content (AvgIpc) is 3.15. The van der Waals surface area contributed by atoms with E-state index in [1.807, 2.05) is 6.07 Å². The number of rotatable bonds is 4. The van der Waals surface area contributed by atoms with E-state index in [2.05, 4.69) is 9.71 Å². The first kappa shape index (κ1) is 26.8. The summed E-state index contributed by atoms with van der Waals surface area (Å²) in [5, 5.41) is 0. The van der Waals surface area contributed by atoms with Gasteiger partial charge in [-0.1, -0.05) is 0 Å². The molecular formula is C23H33F2N3O7S. The van der Waals surface area contributed by atoms with Crippen molar-refractivity contribution in [3.8, 4) is 11.6 Å². The van der Waals surface area contributed by atoms with E-state index in [4.69, 9.17) is 18.9 Å². The Kier molecular flexibility index (Phi) is 8.51. The smallest absolute Gasteiger partial charge is 0.410 e. The average molecular weight is 534 g/mol. The Labute approximate surface area is 209 Å². The van der Waals surface area contributed by atoms with Crippen LogP contribution >= 0.6 is 0 Å². The molecule has 1 saturated heterocycles. The number of hydrogen-bond donors (Lipinski definition) is 1. The molecule has 0 aromatic carbocycles. The highest BCUT2D eigenvalue weighted by atomic mass is 32.2. The lowest BCUT2D eigenvalue weighted by atomic mass is 9.85. The highest BCUT2D eigenvalue weighted by Crippen LogP contribution is 2.36. The Morgan fingerprint density at radius 2 is 1.89 bits per heavy atom. The molecule has 4 heterocycles. The Morgan fingerprint density at radius 1 is 1.17 bits per heavy atom. The topological polar surface area (TPSA) is 116 Å². The highest BCUT2D eigenvalue weighted by Gasteiger charge is 2.46. The number of methoxy groups -OCH3 is 1. The van der Waals surface area contributed by atoms with Gasteiger partial charge in [-0.2, -0.15) is 8.78 Å². The number of aromatic nitrogens is 1. The predicted molar refractivity (Wildman–Crippen MR) is 125 cm³/mol. The van der Waals surface area contributed by atoms with Crippen LogP contribution in [0.25, 0.3) is 0 Å². The molecule has 3 aliphatic heterocycles. The van der Waals surface area contributed by atoms with Crippen LogP contribution in [0.5, 0.6) is 11.6 Å². The number of nitrogens with zero attached hydrogens (tertiary/aromatic N) is 2. The molecule has 4 aliphatic rings. The summed E-state index contributed by atoms with van der Waals surface area (Å²) >= 11 is 0. The van der Waals surface area contributed by atoms with E-state index >= 15 is 0 Å². The van der Waals surface area contributed by atoms with Crippen molar-refractivity contribution in [2.75, 3.05) is 26.9 Å². The summed E-state index contributed by atoms with van der Waals surface area (Å²) in [6.45, 7) is 2.06. The highest BCUT2D eigenvalue weighted by molar-refractivity contribution is 7.89. The molecule has 0 spiro atoms. The maximum atomic E-state index is 13.1. The number of pyridine rings is 1. The van der Waals surface area contributed by atoms with E-state index in [0.29, 0.717) is 18.1 Å². The number of hydrogen-bond acceptors (Lipinski definition) is 8. The monoisotopic (exact) mass is 533 g/mol. The normalized spacial score (nSPS) is 29.9. The SMILES string of the molecule is COc1cc2nc(c1)C1CCC(CC1)OCC1C(NS(=O)(=O)C(F)F)CC(C)N1C(=O)OCCCO2. The molecule has 36 heavy (non-hydrogen) atoms. The summed E-state index contributed by atoms with van der Waals surface area (Å²) in [5.41, 5.74) is 0.885. The van der Waals surface area contributed by atoms with Gasteiger partial charge in [-0.05, 0) is 39.0 Å². The molecule has 1 N–H and O–H groups in total. The predicted octanol–water partition coefficient (Wildman–Crippen LogP) is 3.03. The third-order valence-corrected chi connectivity index (χ3v) is 8.14. The van der Waals surface area contributed by atoms with Crippen LogP contribution in [0.15, 0.2) is 12.1 Å². The summed E-state index contributed by atoms with van der Waals surface area (Å²) < 4.78 is 74.7. The van der Waals surface area contributed by atoms with Gasteiger partial charge < -0.3 is 18.9 Å². The van der Waals surface area contributed by atoms with E-state index < -0.39 is 40.0 Å². The molecule has 10 nitrogen and oxygen atoms in total. The summed E-state index contributed by atoms with van der Waals surface area (Å²) in [7, 11) is -3.25. The fourth-order valence-electron chi connectivity index (χ4n) is 5.19. The zero-order chi connectivity index (χ0) is 25.9. The first-order chi connectivity index (χ1) is 17.2. The standard InChI is InChI=1S/C23H33F2N3O7S/c1-14-10-19(27-36(30,31)22(24)25)20-13-35-16-6-4-15(5-7-16)18-11-17(32-2)12-21(26-18)33-8-3-9-34-23(29)28(14)20/h11-12,14-16,19-20,22,27H,3-10,13H2,1-2H3. The molecule has 1 saturated carbocycles. The van der Waals surface area contributed by atoms with Gasteiger partial charge >= 0.3 is 11.9 Å². The second kappa shape index (κ2) is 11.4. The van der Waals surface area contributed by atoms with E-state index in [1.165, 1.54) is 4.90 Å². The van der Waals surface area contributed by atoms with Crippen LogP contribution < -0.4 is 14.2 Å². The maximum absolute atomic E-state index is 13.1. The number of halogens is 2. The molecule has 13 heteroatoms. The van der Waals surface area contributed by atoms with Crippen LogP contribution in [0.1, 0.15) is 57.1 Å². The van der Waals surface area contributed by atoms with E-state index in [-0.39, 0.29) is 38.3 Å². The molecule has 1 aromatic heterocycles. The molecule has 202 valence electrons. The molecule has 3 atom stereocenters. The van der Waals surface area contributed by atoms with Crippen LogP contribution in [-0.4, -0.2) is 81.3 Å². The number of fused-ring (bicyclic) bond motifs is 8. The van der Waals surface area contributed by atoms with Crippen LogP contribution in [0.2, 0.25) is 0 Å². The quantitative estimate of drug-likeness (QED) is 0.628. The van der Waals surface area contributed by atoms with Gasteiger partial charge in [0.2, 0.25) is 5.88 Å². The van der Waals surface area contributed by atoms with E-state index in [9.17, 15) is 22.0 Å². The zero-order valence-electron chi connectivity index (χ0n) is 20.4. The number of carbonyl (C=O) groups is 1. The Balaban J connectivity index is 1.53. The molecule has 0 radical (unpaired) electrons. The van der Waals surface area contributed by atoms with Gasteiger partial charge in [0.1, 0.15) is 5.75 Å². The van der Waals surface area contributed by atoms with Gasteiger partial charge in [-0.25, -0.2) is 22.9 Å². The lowest BCUT2D eigenvalue weighted by Gasteiger charge is -2.33. The Morgan fingerprint density at radius 3 is 2.58 bits per heavy atom. The minimum atomic E-state index is -4.84. The van der Waals surface area contributed by atoms with Crippen molar-refractivity contribution in [3.63, 3.8) is 0 Å². The van der Waals surface area contributed by atoms with Gasteiger partial charge in [0.05, 0.1) is 44.8 Å². The van der Waals surface area contributed by atoms with Crippen molar-refractivity contribution < 1.29 is 40.9 Å². The van der Waals surface area contributed by atoms with Crippen molar-refractivity contribution in [3.05, 3.63) is 17.8 Å². The molecular weight excluding hydrogens is 500 g/mol. The largest absolute Gasteiger partial charge is 0.496 e. The zero-order valence-corrected chi connectivity index (χ0v) is 21.2. The third-order valence-electron chi connectivity index (χ3n) is 7.04. The Bertz CT molecular complexity index is 1020. The summed E-state index contributed by atoms with van der Waals surface area (Å²) in [4.78, 5) is 19.0. The fraction of sp³-hybridized carbons (Fsp3) is 0.739. The number of carbonyl (C=O) groups excluding carboxylic acids is 1. The summed E-state index contributed by atoms with van der Waals surface area (Å²) in [6.07, 6.45) is 2.92. The lowest BCUT2D eigenvalue weighted by Crippen LogP contribution is -2.51. The van der Waals surface area contributed by atoms with Crippen molar-refractivity contribution >= 4 is 16.1 Å². The van der Waals surface area contributed by atoms with Crippen molar-refractivity contribution in [2.24, 2.45) is 0 Å². The molecule has 5 rings (SSSR count). The first-order valence-corrected chi connectivity index (χ1v) is 13.8. The first-order valence-electron chi connectivity index (χ1n) is 12.2. The van der Waals surface area contributed by atoms with Gasteiger partial charge in [0, 0.05) is 36.6 Å². The third kappa shape index (κ3) is 6.17. The molecule has 1 amide bonds. The van der Waals surface area contributed by atoms with Gasteiger partial charge in [-0.3, -0.25) is 4.90 Å². The van der Waals surface area contributed by atoms with Crippen LogP contribution in [0.4, 0.5) is 13.6 Å². The summed E-state index contributed by atoms with van der Waals surface area (Å²) in [5.74, 6) is -2.26. The van der Waals surface area contributed by atoms with Crippen molar-refractivity contribution in [2.45, 2.75) is 81.4 Å². The number of ether oxygens (including phenoxy) is 4. The molecule has 4 bridgehead atoms. The van der Waals surface area contributed by atoms with Gasteiger partial charge in [0.25, 0.3) is 10.0 Å². The second-order valence-electron chi connectivity index (χ2n) is 9.48. The van der Waals surface area contributed by atoms with Crippen molar-refractivity contribution in [1.29, 1.82) is 0 Å². The Hall–Kier alpha value is -2.25. The molecule has 1 aliphatic carbocycles. The molecule has 3 unspecified atom stereocenters. The maximum Gasteiger partial charge on any atom is 0.410 e. The second-order valence-corrected chi connectivity index (χ2v) is 11.2. The molecule has 1 aromatic rings. The number of amides is 1. The van der Waals surface area contributed by atoms with Crippen LogP contribution in [0, 0.1) is 0 Å². The molecule has 2 fully saturated rings. The number of nitrogens with one attached hydrogen (secondary N) is 1. The number of sulfonamides is 1. The van der Waals surface area contributed by atoms with E-state index in [0.717, 1.165) is 31.4 Å². The minimum absolute atomic E-state index is 0.00979. The fourth-order valence-corrected chi connectivity index (χ4v) is 5.97. The van der Waals surface area contributed by atoms with Crippen LogP contribution in [-0.2, 0) is 19.5 Å². The number of alkyl halides is 2. The summed E-state index contributed by atoms with van der Waals surface area (Å²) in [6, 6.07) is 1.52. The van der Waals surface area contributed by atoms with E-state index in [1.54, 1.807) is 20.1 Å². The minimum Gasteiger partial charge on any atom is -0.496 e. The van der Waals surface area contributed by atoms with Gasteiger partial charge in [0.15, 0.2) is 0 Å². The van der Waals surface area contributed by atoms with Gasteiger partial charge in [-0.15, -0.1) is 0 Å². The van der Waals surface area contributed by atoms with Crippen molar-refractivity contribution in [1.82, 2.24) is 14.6 Å². The lowest BCUT2D eigenvalue weighted by molar-refractivity contribution is -0.0107.